The van der Waals surface area contributed by atoms with Crippen LogP contribution in [-0.2, 0) is 11.3 Å². The Labute approximate surface area is 189 Å². The number of hydrogen-bond donors (Lipinski definition) is 2. The first-order valence-corrected chi connectivity index (χ1v) is 11.0. The monoisotopic (exact) mass is 443 g/mol. The largest absolute Gasteiger partial charge is 0.504 e. The summed E-state index contributed by atoms with van der Waals surface area (Å²) in [5, 5.41) is 19.7. The van der Waals surface area contributed by atoms with Crippen LogP contribution in [0, 0.1) is 0 Å². The molecule has 2 N–H and O–H groups in total. The van der Waals surface area contributed by atoms with Gasteiger partial charge in [0.2, 0.25) is 5.91 Å². The van der Waals surface area contributed by atoms with E-state index >= 15 is 0 Å². The van der Waals surface area contributed by atoms with Crippen molar-refractivity contribution in [3.05, 3.63) is 47.5 Å². The summed E-state index contributed by atoms with van der Waals surface area (Å²) in [4.78, 5) is 27.5. The summed E-state index contributed by atoms with van der Waals surface area (Å²) >= 11 is 0. The summed E-state index contributed by atoms with van der Waals surface area (Å²) in [6.07, 6.45) is 6.48. The molecule has 32 heavy (non-hydrogen) atoms. The van der Waals surface area contributed by atoms with Gasteiger partial charge >= 0.3 is 0 Å². The van der Waals surface area contributed by atoms with Crippen molar-refractivity contribution in [2.45, 2.75) is 58.4 Å². The number of hydrogen-bond acceptors (Lipinski definition) is 6. The fourth-order valence-corrected chi connectivity index (χ4v) is 3.43. The number of carbonyl (C=O) groups excluding carboxylic acids is 2. The number of carbonyl (C=O) groups is 2. The Morgan fingerprint density at radius 2 is 1.44 bits per heavy atom. The zero-order valence-corrected chi connectivity index (χ0v) is 19.1. The Morgan fingerprint density at radius 3 is 2.09 bits per heavy atom. The fourth-order valence-electron chi connectivity index (χ4n) is 3.43. The van der Waals surface area contributed by atoms with E-state index in [1.165, 1.54) is 49.8 Å². The molecule has 174 valence electrons. The van der Waals surface area contributed by atoms with Crippen LogP contribution in [0.5, 0.6) is 23.0 Å². The number of ether oxygens (including phenoxy) is 2. The van der Waals surface area contributed by atoms with E-state index in [9.17, 15) is 19.8 Å². The molecule has 0 saturated heterocycles. The predicted octanol–water partition coefficient (Wildman–Crippen LogP) is 5.03. The Hall–Kier alpha value is -3.22. The normalized spacial score (nSPS) is 10.6. The number of aromatic hydroxyl groups is 2. The average molecular weight is 444 g/mol. The maximum atomic E-state index is 13.3. The summed E-state index contributed by atoms with van der Waals surface area (Å²) in [6, 6.07) is 8.96. The molecule has 2 aromatic rings. The number of benzene rings is 2. The van der Waals surface area contributed by atoms with Gasteiger partial charge in [-0.25, -0.2) is 0 Å². The third-order valence-corrected chi connectivity index (χ3v) is 5.30. The van der Waals surface area contributed by atoms with Crippen LogP contribution in [0.25, 0.3) is 0 Å². The number of phenols is 2. The third-order valence-electron chi connectivity index (χ3n) is 5.30. The van der Waals surface area contributed by atoms with Crippen molar-refractivity contribution >= 4 is 11.8 Å². The van der Waals surface area contributed by atoms with Crippen molar-refractivity contribution in [2.75, 3.05) is 14.2 Å². The zero-order chi connectivity index (χ0) is 23.5. The molecular weight excluding hydrogens is 410 g/mol. The highest BCUT2D eigenvalue weighted by molar-refractivity contribution is 6.05. The minimum absolute atomic E-state index is 0.0178. The van der Waals surface area contributed by atoms with Gasteiger partial charge < -0.3 is 19.7 Å². The van der Waals surface area contributed by atoms with Crippen LogP contribution in [0.4, 0.5) is 0 Å². The maximum absolute atomic E-state index is 13.3. The molecule has 0 aliphatic heterocycles. The second-order valence-corrected chi connectivity index (χ2v) is 7.70. The summed E-state index contributed by atoms with van der Waals surface area (Å²) < 4.78 is 10.2. The van der Waals surface area contributed by atoms with Gasteiger partial charge in [0.15, 0.2) is 23.0 Å². The number of phenolic OH excluding ortho intramolecular Hbond substituents is 2. The fraction of sp³-hybridized carbons (Fsp3) is 0.440. The molecule has 0 fully saturated rings. The zero-order valence-electron chi connectivity index (χ0n) is 19.1. The summed E-state index contributed by atoms with van der Waals surface area (Å²) in [5.74, 6) is -0.431. The molecule has 2 aromatic carbocycles. The van der Waals surface area contributed by atoms with E-state index in [0.29, 0.717) is 12.0 Å². The number of unbranched alkanes of at least 4 members (excludes halogenated alkanes) is 5. The predicted molar refractivity (Wildman–Crippen MR) is 122 cm³/mol. The van der Waals surface area contributed by atoms with Crippen LogP contribution < -0.4 is 9.47 Å². The summed E-state index contributed by atoms with van der Waals surface area (Å²) in [5.41, 5.74) is 0.886. The van der Waals surface area contributed by atoms with Crippen LogP contribution in [-0.4, -0.2) is 41.1 Å². The molecule has 0 heterocycles. The van der Waals surface area contributed by atoms with Gasteiger partial charge in [0.05, 0.1) is 20.8 Å². The number of amides is 2. The first-order valence-electron chi connectivity index (χ1n) is 11.0. The van der Waals surface area contributed by atoms with Crippen LogP contribution in [0.1, 0.15) is 67.8 Å². The molecule has 0 radical (unpaired) electrons. The maximum Gasteiger partial charge on any atom is 0.260 e. The standard InChI is InChI=1S/C25H33NO6/c1-4-5-6-7-8-9-10-24(29)26(17-18-11-13-20(27)22(15-18)31-2)25(30)19-12-14-21(28)23(16-19)32-3/h11-16,27-28H,4-10,17H2,1-3H3. The molecule has 7 nitrogen and oxygen atoms in total. The number of imide groups is 1. The first kappa shape index (κ1) is 25.0. The number of rotatable bonds is 12. The van der Waals surface area contributed by atoms with Crippen molar-refractivity contribution in [1.29, 1.82) is 0 Å². The van der Waals surface area contributed by atoms with E-state index < -0.39 is 5.91 Å². The first-order chi connectivity index (χ1) is 15.4. The van der Waals surface area contributed by atoms with E-state index in [4.69, 9.17) is 9.47 Å². The van der Waals surface area contributed by atoms with Crippen molar-refractivity contribution in [3.8, 4) is 23.0 Å². The van der Waals surface area contributed by atoms with E-state index in [2.05, 4.69) is 6.92 Å². The van der Waals surface area contributed by atoms with Crippen molar-refractivity contribution in [3.63, 3.8) is 0 Å². The Bertz CT molecular complexity index is 911. The van der Waals surface area contributed by atoms with E-state index in [1.807, 2.05) is 0 Å². The van der Waals surface area contributed by atoms with E-state index in [1.54, 1.807) is 12.1 Å². The highest BCUT2D eigenvalue weighted by atomic mass is 16.5. The lowest BCUT2D eigenvalue weighted by Gasteiger charge is -2.22. The molecule has 0 saturated carbocycles. The van der Waals surface area contributed by atoms with Crippen LogP contribution in [0.2, 0.25) is 0 Å². The molecule has 0 aliphatic carbocycles. The minimum atomic E-state index is -0.480. The van der Waals surface area contributed by atoms with Crippen molar-refractivity contribution in [1.82, 2.24) is 4.90 Å². The third kappa shape index (κ3) is 6.90. The van der Waals surface area contributed by atoms with Crippen LogP contribution in [0.15, 0.2) is 36.4 Å². The van der Waals surface area contributed by atoms with Gasteiger partial charge in [0.25, 0.3) is 5.91 Å². The minimum Gasteiger partial charge on any atom is -0.504 e. The molecule has 0 unspecified atom stereocenters. The van der Waals surface area contributed by atoms with Crippen LogP contribution >= 0.6 is 0 Å². The molecule has 0 aromatic heterocycles. The van der Waals surface area contributed by atoms with E-state index in [0.717, 1.165) is 25.7 Å². The molecule has 7 heteroatoms. The number of nitrogens with zero attached hydrogens (tertiary/aromatic N) is 1. The highest BCUT2D eigenvalue weighted by Gasteiger charge is 2.24. The lowest BCUT2D eigenvalue weighted by molar-refractivity contribution is -0.129. The quantitative estimate of drug-likeness (QED) is 0.447. The molecule has 0 spiro atoms. The van der Waals surface area contributed by atoms with Crippen LogP contribution in [0.3, 0.4) is 0 Å². The van der Waals surface area contributed by atoms with E-state index in [-0.39, 0.29) is 47.4 Å². The van der Waals surface area contributed by atoms with Gasteiger partial charge in [-0.15, -0.1) is 0 Å². The highest BCUT2D eigenvalue weighted by Crippen LogP contribution is 2.29. The molecule has 2 amide bonds. The van der Waals surface area contributed by atoms with Gasteiger partial charge in [-0.2, -0.15) is 0 Å². The van der Waals surface area contributed by atoms with Crippen molar-refractivity contribution in [2.24, 2.45) is 0 Å². The van der Waals surface area contributed by atoms with Gasteiger partial charge in [0.1, 0.15) is 0 Å². The molecule has 2 rings (SSSR count). The molecule has 0 bridgehead atoms. The summed E-state index contributed by atoms with van der Waals surface area (Å²) in [6.45, 7) is 2.19. The van der Waals surface area contributed by atoms with Gasteiger partial charge in [-0.05, 0) is 42.3 Å². The second kappa shape index (κ2) is 12.6. The Kier molecular flexibility index (Phi) is 9.85. The smallest absolute Gasteiger partial charge is 0.260 e. The second-order valence-electron chi connectivity index (χ2n) is 7.70. The van der Waals surface area contributed by atoms with Gasteiger partial charge in [-0.1, -0.05) is 45.1 Å². The lowest BCUT2D eigenvalue weighted by atomic mass is 10.1. The van der Waals surface area contributed by atoms with Gasteiger partial charge in [-0.3, -0.25) is 14.5 Å². The van der Waals surface area contributed by atoms with Crippen molar-refractivity contribution < 1.29 is 29.3 Å². The molecule has 0 atom stereocenters. The SMILES string of the molecule is CCCCCCCCC(=O)N(Cc1ccc(O)c(OC)c1)C(=O)c1ccc(O)c(OC)c1. The average Bonchev–Trinajstić information content (AvgIpc) is 2.80. The summed E-state index contributed by atoms with van der Waals surface area (Å²) in [7, 11) is 2.83. The topological polar surface area (TPSA) is 96.3 Å². The Balaban J connectivity index is 2.21. The molecule has 0 aliphatic rings. The lowest BCUT2D eigenvalue weighted by Crippen LogP contribution is -2.36. The number of methoxy groups -OCH3 is 2. The molecular formula is C25H33NO6. The van der Waals surface area contributed by atoms with Gasteiger partial charge in [0, 0.05) is 12.0 Å². The Morgan fingerprint density at radius 1 is 0.844 bits per heavy atom.